The summed E-state index contributed by atoms with van der Waals surface area (Å²) in [6.07, 6.45) is 5.59. The summed E-state index contributed by atoms with van der Waals surface area (Å²) < 4.78 is 7.55. The van der Waals surface area contributed by atoms with Gasteiger partial charge in [0.1, 0.15) is 5.75 Å². The van der Waals surface area contributed by atoms with Gasteiger partial charge in [0.2, 0.25) is 0 Å². The van der Waals surface area contributed by atoms with Crippen molar-refractivity contribution >= 4 is 22.8 Å². The van der Waals surface area contributed by atoms with Crippen LogP contribution in [0, 0.1) is 0 Å². The fraction of sp³-hybridized carbons (Fsp3) is 0.286. The Labute approximate surface area is 121 Å². The fourth-order valence-electron chi connectivity index (χ4n) is 1.96. The van der Waals surface area contributed by atoms with E-state index < -0.39 is 0 Å². The number of nitrogens with one attached hydrogen (secondary N) is 1. The van der Waals surface area contributed by atoms with Crippen LogP contribution in [0.15, 0.2) is 42.1 Å². The first-order valence-corrected chi connectivity index (χ1v) is 7.55. The molecule has 0 spiro atoms. The van der Waals surface area contributed by atoms with E-state index in [-0.39, 0.29) is 0 Å². The average molecular weight is 288 g/mol. The third-order valence-electron chi connectivity index (χ3n) is 2.89. The van der Waals surface area contributed by atoms with Gasteiger partial charge >= 0.3 is 0 Å². The number of benzene rings is 1. The van der Waals surface area contributed by atoms with Crippen molar-refractivity contribution in [3.8, 4) is 5.75 Å². The quantitative estimate of drug-likeness (QED) is 0.709. The number of H-pyrrole nitrogens is 1. The second-order valence-corrected chi connectivity index (χ2v) is 5.39. The number of nitrogens with zero attached hydrogens (tertiary/aromatic N) is 3. The molecule has 0 saturated carbocycles. The first-order valence-electron chi connectivity index (χ1n) is 6.56. The standard InChI is InChI=1S/C14H16N4OS/c1-2-19-11-3-4-12-13(9-11)17-14(16-12)20-8-7-18-6-5-15-10-18/h3-6,9-10H,2,7-8H2,1H3,(H,16,17). The Morgan fingerprint density at radius 2 is 2.35 bits per heavy atom. The summed E-state index contributed by atoms with van der Waals surface area (Å²) >= 11 is 1.71. The molecule has 0 aliphatic heterocycles. The Morgan fingerprint density at radius 3 is 3.15 bits per heavy atom. The van der Waals surface area contributed by atoms with Gasteiger partial charge in [-0.2, -0.15) is 0 Å². The van der Waals surface area contributed by atoms with E-state index in [0.717, 1.165) is 34.2 Å². The van der Waals surface area contributed by atoms with Crippen molar-refractivity contribution < 1.29 is 4.74 Å². The SMILES string of the molecule is CCOc1ccc2nc(SCCn3ccnc3)[nH]c2c1. The van der Waals surface area contributed by atoms with E-state index in [9.17, 15) is 0 Å². The highest BCUT2D eigenvalue weighted by Gasteiger charge is 2.04. The zero-order valence-corrected chi connectivity index (χ0v) is 12.1. The number of aromatic amines is 1. The maximum absolute atomic E-state index is 5.49. The Kier molecular flexibility index (Phi) is 3.92. The van der Waals surface area contributed by atoms with Gasteiger partial charge in [-0.05, 0) is 19.1 Å². The number of thioether (sulfide) groups is 1. The molecule has 0 radical (unpaired) electrons. The van der Waals surface area contributed by atoms with Crippen LogP contribution >= 0.6 is 11.8 Å². The molecule has 1 aromatic carbocycles. The van der Waals surface area contributed by atoms with Crippen molar-refractivity contribution in [1.29, 1.82) is 0 Å². The molecule has 104 valence electrons. The van der Waals surface area contributed by atoms with Gasteiger partial charge in [0, 0.05) is 30.8 Å². The number of fused-ring (bicyclic) bond motifs is 1. The monoisotopic (exact) mass is 288 g/mol. The van der Waals surface area contributed by atoms with Gasteiger partial charge in [0.25, 0.3) is 0 Å². The zero-order chi connectivity index (χ0) is 13.8. The normalized spacial score (nSPS) is 11.1. The van der Waals surface area contributed by atoms with Gasteiger partial charge in [-0.3, -0.25) is 0 Å². The Hall–Kier alpha value is -1.95. The van der Waals surface area contributed by atoms with E-state index in [2.05, 4.69) is 19.5 Å². The second-order valence-electron chi connectivity index (χ2n) is 4.30. The van der Waals surface area contributed by atoms with E-state index in [0.29, 0.717) is 6.61 Å². The molecule has 5 nitrogen and oxygen atoms in total. The smallest absolute Gasteiger partial charge is 0.166 e. The lowest BCUT2D eigenvalue weighted by Gasteiger charge is -2.00. The van der Waals surface area contributed by atoms with Crippen molar-refractivity contribution in [1.82, 2.24) is 19.5 Å². The van der Waals surface area contributed by atoms with Gasteiger partial charge < -0.3 is 14.3 Å². The molecule has 6 heteroatoms. The molecule has 3 rings (SSSR count). The minimum Gasteiger partial charge on any atom is -0.494 e. The Bertz CT molecular complexity index is 678. The van der Waals surface area contributed by atoms with Gasteiger partial charge in [0.05, 0.1) is 24.0 Å². The summed E-state index contributed by atoms with van der Waals surface area (Å²) in [5.41, 5.74) is 1.99. The molecule has 2 aromatic heterocycles. The summed E-state index contributed by atoms with van der Waals surface area (Å²) in [7, 11) is 0. The number of imidazole rings is 2. The predicted octanol–water partition coefficient (Wildman–Crippen LogP) is 2.95. The van der Waals surface area contributed by atoms with Gasteiger partial charge in [-0.15, -0.1) is 0 Å². The number of hydrogen-bond donors (Lipinski definition) is 1. The number of rotatable bonds is 6. The van der Waals surface area contributed by atoms with Gasteiger partial charge in [-0.1, -0.05) is 11.8 Å². The van der Waals surface area contributed by atoms with Crippen molar-refractivity contribution in [2.75, 3.05) is 12.4 Å². The van der Waals surface area contributed by atoms with E-state index in [1.165, 1.54) is 0 Å². The van der Waals surface area contributed by atoms with Gasteiger partial charge in [-0.25, -0.2) is 9.97 Å². The van der Waals surface area contributed by atoms with Crippen LogP contribution in [0.5, 0.6) is 5.75 Å². The summed E-state index contributed by atoms with van der Waals surface area (Å²) in [6, 6.07) is 5.93. The highest BCUT2D eigenvalue weighted by Crippen LogP contribution is 2.23. The molecular weight excluding hydrogens is 272 g/mol. The van der Waals surface area contributed by atoms with E-state index in [1.54, 1.807) is 18.0 Å². The molecule has 1 N–H and O–H groups in total. The van der Waals surface area contributed by atoms with Crippen LogP contribution in [-0.4, -0.2) is 31.9 Å². The van der Waals surface area contributed by atoms with E-state index in [1.807, 2.05) is 37.6 Å². The third kappa shape index (κ3) is 2.96. The molecule has 3 aromatic rings. The van der Waals surface area contributed by atoms with Crippen LogP contribution in [0.25, 0.3) is 11.0 Å². The van der Waals surface area contributed by atoms with Crippen LogP contribution in [0.2, 0.25) is 0 Å². The van der Waals surface area contributed by atoms with Crippen LogP contribution in [0.4, 0.5) is 0 Å². The highest BCUT2D eigenvalue weighted by molar-refractivity contribution is 7.99. The molecule has 20 heavy (non-hydrogen) atoms. The molecule has 2 heterocycles. The highest BCUT2D eigenvalue weighted by atomic mass is 32.2. The molecule has 0 atom stereocenters. The first-order chi connectivity index (χ1) is 9.85. The van der Waals surface area contributed by atoms with Crippen molar-refractivity contribution in [2.24, 2.45) is 0 Å². The van der Waals surface area contributed by atoms with Crippen molar-refractivity contribution in [2.45, 2.75) is 18.6 Å². The topological polar surface area (TPSA) is 55.7 Å². The van der Waals surface area contributed by atoms with Gasteiger partial charge in [0.15, 0.2) is 5.16 Å². The number of ether oxygens (including phenoxy) is 1. The molecule has 0 saturated heterocycles. The molecule has 0 aliphatic rings. The largest absolute Gasteiger partial charge is 0.494 e. The van der Waals surface area contributed by atoms with Crippen LogP contribution < -0.4 is 4.74 Å². The predicted molar refractivity (Wildman–Crippen MR) is 80.2 cm³/mol. The third-order valence-corrected chi connectivity index (χ3v) is 3.74. The molecule has 0 aliphatic carbocycles. The number of hydrogen-bond acceptors (Lipinski definition) is 4. The van der Waals surface area contributed by atoms with Crippen molar-refractivity contribution in [3.05, 3.63) is 36.9 Å². The van der Waals surface area contributed by atoms with Crippen LogP contribution in [0.3, 0.4) is 0 Å². The first kappa shape index (κ1) is 13.1. The lowest BCUT2D eigenvalue weighted by atomic mass is 10.3. The summed E-state index contributed by atoms with van der Waals surface area (Å²) in [5, 5.41) is 0.939. The molecule has 0 unspecified atom stereocenters. The second kappa shape index (κ2) is 6.00. The van der Waals surface area contributed by atoms with E-state index >= 15 is 0 Å². The maximum atomic E-state index is 5.49. The van der Waals surface area contributed by atoms with Crippen molar-refractivity contribution in [3.63, 3.8) is 0 Å². The molecule has 0 amide bonds. The number of aryl methyl sites for hydroxylation is 1. The summed E-state index contributed by atoms with van der Waals surface area (Å²) in [4.78, 5) is 11.9. The minimum absolute atomic E-state index is 0.673. The Balaban J connectivity index is 1.66. The molecule has 0 bridgehead atoms. The average Bonchev–Trinajstić information content (AvgIpc) is 3.07. The number of aromatic nitrogens is 4. The molecular formula is C14H16N4OS. The van der Waals surface area contributed by atoms with E-state index in [4.69, 9.17) is 4.74 Å². The lowest BCUT2D eigenvalue weighted by molar-refractivity contribution is 0.340. The van der Waals surface area contributed by atoms with Crippen LogP contribution in [0.1, 0.15) is 6.92 Å². The van der Waals surface area contributed by atoms with Crippen LogP contribution in [-0.2, 0) is 6.54 Å². The summed E-state index contributed by atoms with van der Waals surface area (Å²) in [5.74, 6) is 1.83. The summed E-state index contributed by atoms with van der Waals surface area (Å²) in [6.45, 7) is 3.58. The fourth-order valence-corrected chi connectivity index (χ4v) is 2.80. The zero-order valence-electron chi connectivity index (χ0n) is 11.2. The minimum atomic E-state index is 0.673. The molecule has 0 fully saturated rings. The lowest BCUT2D eigenvalue weighted by Crippen LogP contribution is -1.96. The Morgan fingerprint density at radius 1 is 1.40 bits per heavy atom. The maximum Gasteiger partial charge on any atom is 0.166 e.